The average molecular weight is 440 g/mol. The van der Waals surface area contributed by atoms with Gasteiger partial charge in [-0.05, 0) is 70.6 Å². The van der Waals surface area contributed by atoms with Crippen LogP contribution >= 0.6 is 0 Å². The number of nitrogens with zero attached hydrogens (tertiary/aromatic N) is 3. The molecule has 0 fully saturated rings. The highest BCUT2D eigenvalue weighted by atomic mass is 16.5. The quantitative estimate of drug-likeness (QED) is 0.486. The molecule has 6 nitrogen and oxygen atoms in total. The van der Waals surface area contributed by atoms with Crippen LogP contribution in [0.15, 0.2) is 36.4 Å². The molecule has 1 unspecified atom stereocenters. The third kappa shape index (κ3) is 4.70. The molecule has 1 atom stereocenters. The van der Waals surface area contributed by atoms with Crippen LogP contribution in [-0.2, 0) is 0 Å². The number of carbonyl (C=O) groups excluding carboxylic acids is 1. The lowest BCUT2D eigenvalue weighted by molar-refractivity contribution is 0.0772. The van der Waals surface area contributed by atoms with Gasteiger partial charge in [0.25, 0.3) is 5.91 Å². The van der Waals surface area contributed by atoms with Crippen molar-refractivity contribution in [1.82, 2.24) is 9.80 Å². The molecule has 0 saturated heterocycles. The predicted molar refractivity (Wildman–Crippen MR) is 131 cm³/mol. The Kier molecular flexibility index (Phi) is 8.02. The summed E-state index contributed by atoms with van der Waals surface area (Å²) in [6, 6.07) is 12.3. The molecule has 0 aliphatic carbocycles. The van der Waals surface area contributed by atoms with Crippen molar-refractivity contribution in [3.8, 4) is 17.2 Å². The first-order valence-corrected chi connectivity index (χ1v) is 11.7. The molecule has 1 amide bonds. The van der Waals surface area contributed by atoms with E-state index in [-0.39, 0.29) is 5.91 Å². The number of amides is 1. The summed E-state index contributed by atoms with van der Waals surface area (Å²) in [5.41, 5.74) is 2.62. The number of hydrogen-bond acceptors (Lipinski definition) is 5. The Labute approximate surface area is 192 Å². The van der Waals surface area contributed by atoms with E-state index in [0.29, 0.717) is 41.9 Å². The predicted octanol–water partition coefficient (Wildman–Crippen LogP) is 5.54. The molecule has 0 bridgehead atoms. The van der Waals surface area contributed by atoms with Gasteiger partial charge >= 0.3 is 0 Å². The van der Waals surface area contributed by atoms with Gasteiger partial charge in [0.15, 0.2) is 17.2 Å². The number of methoxy groups -OCH3 is 1. The molecule has 0 aromatic heterocycles. The Morgan fingerprint density at radius 1 is 1.06 bits per heavy atom. The van der Waals surface area contributed by atoms with Crippen LogP contribution in [0.5, 0.6) is 17.2 Å². The minimum absolute atomic E-state index is 0.0226. The van der Waals surface area contributed by atoms with Crippen molar-refractivity contribution in [3.63, 3.8) is 0 Å². The molecular weight excluding hydrogens is 402 g/mol. The lowest BCUT2D eigenvalue weighted by Gasteiger charge is -2.35. The van der Waals surface area contributed by atoms with Gasteiger partial charge in [0.2, 0.25) is 0 Å². The van der Waals surface area contributed by atoms with Crippen molar-refractivity contribution in [2.45, 2.75) is 46.6 Å². The van der Waals surface area contributed by atoms with E-state index in [9.17, 15) is 4.79 Å². The molecule has 32 heavy (non-hydrogen) atoms. The maximum Gasteiger partial charge on any atom is 0.253 e. The van der Waals surface area contributed by atoms with Crippen LogP contribution in [0.4, 0.5) is 11.4 Å². The topological polar surface area (TPSA) is 45.3 Å². The number of para-hydroxylation sites is 1. The van der Waals surface area contributed by atoms with Crippen molar-refractivity contribution in [2.24, 2.45) is 0 Å². The number of ether oxygens (including phenoxy) is 2. The summed E-state index contributed by atoms with van der Waals surface area (Å²) >= 11 is 0. The summed E-state index contributed by atoms with van der Waals surface area (Å²) in [7, 11) is 3.84. The summed E-state index contributed by atoms with van der Waals surface area (Å²) in [6.07, 6.45) is 2.13. The molecule has 2 aromatic carbocycles. The van der Waals surface area contributed by atoms with Crippen molar-refractivity contribution in [2.75, 3.05) is 45.2 Å². The van der Waals surface area contributed by atoms with Crippen molar-refractivity contribution >= 4 is 17.3 Å². The van der Waals surface area contributed by atoms with Gasteiger partial charge in [0, 0.05) is 31.2 Å². The normalized spacial score (nSPS) is 13.3. The number of fused-ring (bicyclic) bond motifs is 2. The molecule has 3 rings (SSSR count). The number of hydrogen-bond donors (Lipinski definition) is 0. The van der Waals surface area contributed by atoms with Gasteiger partial charge < -0.3 is 24.2 Å². The standard InChI is InChI=1S/C26H37N3O3/c1-7-20(27(5)8-2)16-17-29-21-15-14-19(26(30)28(9-3)10-4)18-24(21)32-25-22(29)12-11-13-23(25)31-6/h11-15,18,20H,7-10,16-17H2,1-6H3. The number of benzene rings is 2. The summed E-state index contributed by atoms with van der Waals surface area (Å²) < 4.78 is 11.9. The van der Waals surface area contributed by atoms with Gasteiger partial charge in [0.1, 0.15) is 0 Å². The van der Waals surface area contributed by atoms with Crippen LogP contribution in [0.1, 0.15) is 50.9 Å². The van der Waals surface area contributed by atoms with E-state index in [1.807, 2.05) is 49.1 Å². The highest BCUT2D eigenvalue weighted by molar-refractivity contribution is 5.96. The van der Waals surface area contributed by atoms with E-state index < -0.39 is 0 Å². The minimum Gasteiger partial charge on any atom is -0.493 e. The zero-order valence-electron chi connectivity index (χ0n) is 20.4. The second-order valence-electron chi connectivity index (χ2n) is 8.15. The molecule has 0 spiro atoms. The Morgan fingerprint density at radius 2 is 1.81 bits per heavy atom. The number of rotatable bonds is 10. The largest absolute Gasteiger partial charge is 0.493 e. The van der Waals surface area contributed by atoms with Crippen molar-refractivity contribution in [1.29, 1.82) is 0 Å². The van der Waals surface area contributed by atoms with Gasteiger partial charge in [-0.2, -0.15) is 0 Å². The summed E-state index contributed by atoms with van der Waals surface area (Å²) in [5.74, 6) is 2.11. The van der Waals surface area contributed by atoms with Gasteiger partial charge in [0.05, 0.1) is 18.5 Å². The van der Waals surface area contributed by atoms with Crippen molar-refractivity contribution in [3.05, 3.63) is 42.0 Å². The molecule has 1 aliphatic rings. The van der Waals surface area contributed by atoms with Crippen LogP contribution in [0.2, 0.25) is 0 Å². The summed E-state index contributed by atoms with van der Waals surface area (Å²) in [4.78, 5) is 19.5. The van der Waals surface area contributed by atoms with E-state index in [1.165, 1.54) is 0 Å². The highest BCUT2D eigenvalue weighted by Crippen LogP contribution is 2.51. The van der Waals surface area contributed by atoms with Crippen LogP contribution in [-0.4, -0.2) is 62.1 Å². The first-order chi connectivity index (χ1) is 15.5. The first kappa shape index (κ1) is 23.9. The van der Waals surface area contributed by atoms with Crippen LogP contribution < -0.4 is 14.4 Å². The van der Waals surface area contributed by atoms with Gasteiger partial charge in [-0.1, -0.05) is 19.9 Å². The first-order valence-electron chi connectivity index (χ1n) is 11.7. The van der Waals surface area contributed by atoms with E-state index in [4.69, 9.17) is 9.47 Å². The molecule has 1 heterocycles. The van der Waals surface area contributed by atoms with Gasteiger partial charge in [-0.15, -0.1) is 0 Å². The van der Waals surface area contributed by atoms with Gasteiger partial charge in [-0.25, -0.2) is 0 Å². The third-order valence-electron chi connectivity index (χ3n) is 6.51. The fraction of sp³-hybridized carbons (Fsp3) is 0.500. The zero-order valence-corrected chi connectivity index (χ0v) is 20.4. The van der Waals surface area contributed by atoms with Crippen molar-refractivity contribution < 1.29 is 14.3 Å². The fourth-order valence-corrected chi connectivity index (χ4v) is 4.38. The number of anilines is 2. The maximum absolute atomic E-state index is 12.9. The smallest absolute Gasteiger partial charge is 0.253 e. The molecule has 174 valence electrons. The Bertz CT molecular complexity index is 927. The SMILES string of the molecule is CCC(CCN1c2ccc(C(=O)N(CC)CC)cc2Oc2c(OC)cccc21)N(C)CC. The summed E-state index contributed by atoms with van der Waals surface area (Å²) in [6.45, 7) is 11.7. The fourth-order valence-electron chi connectivity index (χ4n) is 4.38. The van der Waals surface area contributed by atoms with Crippen LogP contribution in [0.25, 0.3) is 0 Å². The second-order valence-corrected chi connectivity index (χ2v) is 8.15. The second kappa shape index (κ2) is 10.7. The van der Waals surface area contributed by atoms with E-state index in [1.54, 1.807) is 7.11 Å². The maximum atomic E-state index is 12.9. The third-order valence-corrected chi connectivity index (χ3v) is 6.51. The monoisotopic (exact) mass is 439 g/mol. The molecular formula is C26H37N3O3. The Hall–Kier alpha value is -2.73. The molecule has 2 aromatic rings. The minimum atomic E-state index is 0.0226. The van der Waals surface area contributed by atoms with Crippen LogP contribution in [0, 0.1) is 0 Å². The van der Waals surface area contributed by atoms with E-state index >= 15 is 0 Å². The summed E-state index contributed by atoms with van der Waals surface area (Å²) in [5, 5.41) is 0. The lowest BCUT2D eigenvalue weighted by atomic mass is 10.1. The van der Waals surface area contributed by atoms with Crippen LogP contribution in [0.3, 0.4) is 0 Å². The molecule has 0 saturated carbocycles. The molecule has 0 radical (unpaired) electrons. The number of carbonyl (C=O) groups is 1. The molecule has 6 heteroatoms. The van der Waals surface area contributed by atoms with Gasteiger partial charge in [-0.3, -0.25) is 4.79 Å². The Balaban J connectivity index is 2.00. The zero-order chi connectivity index (χ0) is 23.3. The van der Waals surface area contributed by atoms with E-state index in [2.05, 4.69) is 36.8 Å². The Morgan fingerprint density at radius 3 is 2.44 bits per heavy atom. The van der Waals surface area contributed by atoms with E-state index in [0.717, 1.165) is 37.3 Å². The lowest BCUT2D eigenvalue weighted by Crippen LogP contribution is -2.35. The molecule has 0 N–H and O–H groups in total. The highest BCUT2D eigenvalue weighted by Gasteiger charge is 2.29. The molecule has 1 aliphatic heterocycles. The average Bonchev–Trinajstić information content (AvgIpc) is 2.83.